The fraction of sp³-hybridized carbons (Fsp3) is 0.455. The first-order valence-electron chi connectivity index (χ1n) is 5.59. The number of alkyl halides is 1. The van der Waals surface area contributed by atoms with Gasteiger partial charge in [0.15, 0.2) is 5.82 Å². The van der Waals surface area contributed by atoms with Crippen molar-refractivity contribution in [2.24, 2.45) is 0 Å². The molecule has 0 amide bonds. The van der Waals surface area contributed by atoms with Gasteiger partial charge in [0.25, 0.3) is 0 Å². The van der Waals surface area contributed by atoms with Gasteiger partial charge in [-0.15, -0.1) is 11.6 Å². The van der Waals surface area contributed by atoms with Gasteiger partial charge in [0.2, 0.25) is 10.0 Å². The highest BCUT2D eigenvalue weighted by molar-refractivity contribution is 7.99. The van der Waals surface area contributed by atoms with Crippen molar-refractivity contribution in [3.63, 3.8) is 0 Å². The van der Waals surface area contributed by atoms with Crippen molar-refractivity contribution in [1.82, 2.24) is 4.31 Å². The molecule has 0 bridgehead atoms. The second-order valence-corrected chi connectivity index (χ2v) is 7.39. The summed E-state index contributed by atoms with van der Waals surface area (Å²) in [4.78, 5) is -0.503. The molecule has 0 saturated carbocycles. The zero-order valence-corrected chi connectivity index (χ0v) is 12.3. The van der Waals surface area contributed by atoms with Crippen LogP contribution in [0.5, 0.6) is 0 Å². The van der Waals surface area contributed by atoms with Gasteiger partial charge in [-0.1, -0.05) is 0 Å². The van der Waals surface area contributed by atoms with E-state index in [1.807, 2.05) is 0 Å². The van der Waals surface area contributed by atoms with Crippen LogP contribution in [0.1, 0.15) is 5.56 Å². The highest BCUT2D eigenvalue weighted by Gasteiger charge is 2.30. The van der Waals surface area contributed by atoms with Crippen molar-refractivity contribution in [3.05, 3.63) is 29.3 Å². The number of benzene rings is 1. The first-order valence-corrected chi connectivity index (χ1v) is 8.72. The molecule has 0 aromatic heterocycles. The Morgan fingerprint density at radius 2 is 1.89 bits per heavy atom. The molecule has 1 aromatic rings. The zero-order chi connectivity index (χ0) is 14.0. The largest absolute Gasteiger partial charge is 0.246 e. The third kappa shape index (κ3) is 2.89. The Morgan fingerprint density at radius 3 is 2.47 bits per heavy atom. The summed E-state index contributed by atoms with van der Waals surface area (Å²) in [5.41, 5.74) is -0.408. The number of nitrogens with zero attached hydrogens (tertiary/aromatic N) is 1. The van der Waals surface area contributed by atoms with Crippen LogP contribution in [0.3, 0.4) is 0 Å². The first kappa shape index (κ1) is 15.0. The molecule has 3 nitrogen and oxygen atoms in total. The number of hydrogen-bond acceptors (Lipinski definition) is 3. The van der Waals surface area contributed by atoms with E-state index < -0.39 is 38.0 Å². The van der Waals surface area contributed by atoms with E-state index in [4.69, 9.17) is 11.6 Å². The summed E-state index contributed by atoms with van der Waals surface area (Å²) in [6.07, 6.45) is 0. The van der Waals surface area contributed by atoms with E-state index in [2.05, 4.69) is 0 Å². The van der Waals surface area contributed by atoms with Crippen LogP contribution < -0.4 is 0 Å². The third-order valence-electron chi connectivity index (χ3n) is 2.87. The molecular formula is C11H12ClF2NO2S2. The standard InChI is InChI=1S/C11H12ClF2NO2S2/c12-7-8-9(13)1-2-10(11(8)14)19(16,17)15-3-5-18-6-4-15/h1-2H,3-7H2. The summed E-state index contributed by atoms with van der Waals surface area (Å²) in [7, 11) is -3.92. The lowest BCUT2D eigenvalue weighted by Crippen LogP contribution is -2.38. The van der Waals surface area contributed by atoms with Crippen LogP contribution in [0.2, 0.25) is 0 Å². The molecule has 106 valence electrons. The number of rotatable bonds is 3. The van der Waals surface area contributed by atoms with Gasteiger partial charge < -0.3 is 0 Å². The Hall–Kier alpha value is -0.370. The van der Waals surface area contributed by atoms with E-state index in [1.165, 1.54) is 4.31 Å². The van der Waals surface area contributed by atoms with Crippen LogP contribution in [0.25, 0.3) is 0 Å². The summed E-state index contributed by atoms with van der Waals surface area (Å²) in [6, 6.07) is 1.89. The van der Waals surface area contributed by atoms with Crippen LogP contribution in [0.4, 0.5) is 8.78 Å². The quantitative estimate of drug-likeness (QED) is 0.800. The Balaban J connectivity index is 2.46. The molecule has 1 saturated heterocycles. The Labute approximate surface area is 120 Å². The van der Waals surface area contributed by atoms with Crippen LogP contribution in [-0.4, -0.2) is 37.3 Å². The predicted molar refractivity (Wildman–Crippen MR) is 72.0 cm³/mol. The SMILES string of the molecule is O=S(=O)(c1ccc(F)c(CCl)c1F)N1CCSCC1. The van der Waals surface area contributed by atoms with Gasteiger partial charge >= 0.3 is 0 Å². The average molecular weight is 328 g/mol. The summed E-state index contributed by atoms with van der Waals surface area (Å²) in [5.74, 6) is -0.986. The molecular weight excluding hydrogens is 316 g/mol. The van der Waals surface area contributed by atoms with Crippen molar-refractivity contribution in [3.8, 4) is 0 Å². The minimum atomic E-state index is -3.92. The molecule has 1 aromatic carbocycles. The second kappa shape index (κ2) is 5.95. The van der Waals surface area contributed by atoms with Gasteiger partial charge in [-0.05, 0) is 12.1 Å². The van der Waals surface area contributed by atoms with Gasteiger partial charge in [-0.3, -0.25) is 0 Å². The molecule has 0 atom stereocenters. The average Bonchev–Trinajstić information content (AvgIpc) is 2.40. The van der Waals surface area contributed by atoms with Gasteiger partial charge in [-0.25, -0.2) is 17.2 Å². The maximum absolute atomic E-state index is 14.0. The molecule has 0 unspecified atom stereocenters. The fourth-order valence-electron chi connectivity index (χ4n) is 1.82. The molecule has 0 spiro atoms. The van der Waals surface area contributed by atoms with E-state index in [1.54, 1.807) is 11.8 Å². The normalized spacial score (nSPS) is 17.6. The molecule has 19 heavy (non-hydrogen) atoms. The van der Waals surface area contributed by atoms with Crippen molar-refractivity contribution >= 4 is 33.4 Å². The zero-order valence-electron chi connectivity index (χ0n) is 9.90. The molecule has 1 aliphatic heterocycles. The fourth-order valence-corrected chi connectivity index (χ4v) is 4.73. The minimum absolute atomic E-state index is 0.333. The van der Waals surface area contributed by atoms with Crippen LogP contribution in [-0.2, 0) is 15.9 Å². The first-order chi connectivity index (χ1) is 8.98. The van der Waals surface area contributed by atoms with E-state index in [0.29, 0.717) is 24.6 Å². The topological polar surface area (TPSA) is 37.4 Å². The Bertz CT molecular complexity index is 574. The summed E-state index contributed by atoms with van der Waals surface area (Å²) < 4.78 is 53.2. The van der Waals surface area contributed by atoms with Gasteiger partial charge in [0, 0.05) is 30.2 Å². The molecule has 0 aliphatic carbocycles. The summed E-state index contributed by atoms with van der Waals surface area (Å²) >= 11 is 7.10. The lowest BCUT2D eigenvalue weighted by Gasteiger charge is -2.26. The van der Waals surface area contributed by atoms with Gasteiger partial charge in [0.1, 0.15) is 10.7 Å². The summed E-state index contributed by atoms with van der Waals surface area (Å²) in [6.45, 7) is 0.667. The van der Waals surface area contributed by atoms with Crippen LogP contribution in [0, 0.1) is 11.6 Å². The van der Waals surface area contributed by atoms with Gasteiger partial charge in [-0.2, -0.15) is 16.1 Å². The minimum Gasteiger partial charge on any atom is -0.207 e. The molecule has 0 radical (unpaired) electrons. The highest BCUT2D eigenvalue weighted by atomic mass is 35.5. The Morgan fingerprint density at radius 1 is 1.26 bits per heavy atom. The molecule has 1 heterocycles. The molecule has 0 N–H and O–H groups in total. The van der Waals surface area contributed by atoms with E-state index in [0.717, 1.165) is 12.1 Å². The Kier molecular flexibility index (Phi) is 4.70. The van der Waals surface area contributed by atoms with Crippen molar-refractivity contribution in [1.29, 1.82) is 0 Å². The smallest absolute Gasteiger partial charge is 0.207 e. The number of sulfonamides is 1. The number of thioether (sulfide) groups is 1. The van der Waals surface area contributed by atoms with E-state index in [9.17, 15) is 17.2 Å². The highest BCUT2D eigenvalue weighted by Crippen LogP contribution is 2.26. The van der Waals surface area contributed by atoms with E-state index >= 15 is 0 Å². The number of hydrogen-bond donors (Lipinski definition) is 0. The predicted octanol–water partition coefficient (Wildman–Crippen LogP) is 2.44. The van der Waals surface area contributed by atoms with Crippen LogP contribution in [0.15, 0.2) is 17.0 Å². The summed E-state index contributed by atoms with van der Waals surface area (Å²) in [5, 5.41) is 0. The van der Waals surface area contributed by atoms with Crippen molar-refractivity contribution < 1.29 is 17.2 Å². The lowest BCUT2D eigenvalue weighted by atomic mass is 10.2. The maximum atomic E-state index is 14.0. The molecule has 1 fully saturated rings. The van der Waals surface area contributed by atoms with E-state index in [-0.39, 0.29) is 0 Å². The molecule has 2 rings (SSSR count). The third-order valence-corrected chi connectivity index (χ3v) is 6.00. The monoisotopic (exact) mass is 327 g/mol. The van der Waals surface area contributed by atoms with Crippen molar-refractivity contribution in [2.75, 3.05) is 24.6 Å². The lowest BCUT2D eigenvalue weighted by molar-refractivity contribution is 0.436. The number of halogens is 3. The second-order valence-electron chi connectivity index (χ2n) is 3.99. The van der Waals surface area contributed by atoms with Gasteiger partial charge in [0.05, 0.1) is 5.88 Å². The molecule has 1 aliphatic rings. The van der Waals surface area contributed by atoms with Crippen LogP contribution >= 0.6 is 23.4 Å². The molecule has 8 heteroatoms. The van der Waals surface area contributed by atoms with Crippen molar-refractivity contribution in [2.45, 2.75) is 10.8 Å². The maximum Gasteiger partial charge on any atom is 0.246 e.